The van der Waals surface area contributed by atoms with Crippen LogP contribution in [0.4, 0.5) is 5.82 Å². The van der Waals surface area contributed by atoms with E-state index in [-0.39, 0.29) is 24.4 Å². The van der Waals surface area contributed by atoms with E-state index in [9.17, 15) is 14.2 Å². The number of carbonyl (C=O) groups is 1. The highest BCUT2D eigenvalue weighted by atomic mass is 31.2. The predicted molar refractivity (Wildman–Crippen MR) is 125 cm³/mol. The number of benzene rings is 1. The van der Waals surface area contributed by atoms with Crippen LogP contribution in [0.25, 0.3) is 0 Å². The molecular formula is C22H31N4O7P. The van der Waals surface area contributed by atoms with Gasteiger partial charge in [0.05, 0.1) is 18.8 Å². The second-order valence-electron chi connectivity index (χ2n) is 8.44. The van der Waals surface area contributed by atoms with Crippen molar-refractivity contribution in [1.82, 2.24) is 14.6 Å². The van der Waals surface area contributed by atoms with Crippen LogP contribution in [-0.4, -0.2) is 40.4 Å². The maximum Gasteiger partial charge on any atom is 0.459 e. The molecule has 2 heterocycles. The van der Waals surface area contributed by atoms with Crippen molar-refractivity contribution < 1.29 is 27.9 Å². The SMILES string of the molecule is CC(C)OC(=O)C(C)NP(=O)(OCC1CC(C)C(n2ccc(N)nc2=O)O1)Oc1ccccc1. The van der Waals surface area contributed by atoms with E-state index < -0.39 is 37.8 Å². The molecular weight excluding hydrogens is 463 g/mol. The highest BCUT2D eigenvalue weighted by Crippen LogP contribution is 2.46. The Labute approximate surface area is 198 Å². The zero-order valence-corrected chi connectivity index (χ0v) is 20.5. The van der Waals surface area contributed by atoms with Crippen LogP contribution in [0.1, 0.15) is 40.3 Å². The van der Waals surface area contributed by atoms with E-state index in [1.54, 1.807) is 44.2 Å². The molecule has 3 rings (SSSR count). The van der Waals surface area contributed by atoms with E-state index in [0.29, 0.717) is 12.2 Å². The van der Waals surface area contributed by atoms with Gasteiger partial charge in [-0.1, -0.05) is 25.1 Å². The molecule has 1 aromatic heterocycles. The van der Waals surface area contributed by atoms with Gasteiger partial charge >= 0.3 is 19.4 Å². The minimum atomic E-state index is -4.00. The average Bonchev–Trinajstić information content (AvgIpc) is 3.13. The predicted octanol–water partition coefficient (Wildman–Crippen LogP) is 2.88. The summed E-state index contributed by atoms with van der Waals surface area (Å²) in [6, 6.07) is 9.05. The summed E-state index contributed by atoms with van der Waals surface area (Å²) in [5, 5.41) is 2.64. The van der Waals surface area contributed by atoms with Gasteiger partial charge in [0, 0.05) is 12.1 Å². The molecule has 5 unspecified atom stereocenters. The Bertz CT molecular complexity index is 1080. The van der Waals surface area contributed by atoms with Gasteiger partial charge < -0.3 is 19.7 Å². The summed E-state index contributed by atoms with van der Waals surface area (Å²) in [4.78, 5) is 28.2. The molecule has 1 saturated heterocycles. The number of anilines is 1. The van der Waals surface area contributed by atoms with Gasteiger partial charge in [-0.15, -0.1) is 0 Å². The number of nitrogens with one attached hydrogen (secondary N) is 1. The maximum atomic E-state index is 13.6. The number of nitrogens with two attached hydrogens (primary N) is 1. The third-order valence-corrected chi connectivity index (χ3v) is 6.68. The van der Waals surface area contributed by atoms with Gasteiger partial charge in [-0.2, -0.15) is 10.1 Å². The van der Waals surface area contributed by atoms with E-state index in [2.05, 4.69) is 10.1 Å². The van der Waals surface area contributed by atoms with E-state index in [1.165, 1.54) is 23.8 Å². The molecule has 0 radical (unpaired) electrons. The Morgan fingerprint density at radius 3 is 2.65 bits per heavy atom. The molecule has 12 heteroatoms. The topological polar surface area (TPSA) is 144 Å². The molecule has 0 aliphatic carbocycles. The molecule has 2 aromatic rings. The standard InChI is InChI=1S/C22H31N4O7P/c1-14(2)31-21(27)16(4)25-34(29,33-17-8-6-5-7-9-17)30-13-18-12-15(3)20(32-18)26-11-10-19(23)24-22(26)28/h5-11,14-16,18,20H,12-13H2,1-4H3,(H,25,29)(H2,23,24,28). The van der Waals surface area contributed by atoms with E-state index in [0.717, 1.165) is 0 Å². The first-order valence-electron chi connectivity index (χ1n) is 11.0. The van der Waals surface area contributed by atoms with Crippen molar-refractivity contribution in [2.24, 2.45) is 5.92 Å². The molecule has 11 nitrogen and oxygen atoms in total. The highest BCUT2D eigenvalue weighted by molar-refractivity contribution is 7.52. The lowest BCUT2D eigenvalue weighted by atomic mass is 10.1. The van der Waals surface area contributed by atoms with Crippen molar-refractivity contribution in [2.75, 3.05) is 12.3 Å². The third kappa shape index (κ3) is 6.89. The molecule has 186 valence electrons. The van der Waals surface area contributed by atoms with Crippen LogP contribution in [-0.2, 0) is 23.4 Å². The molecule has 0 amide bonds. The average molecular weight is 494 g/mol. The Morgan fingerprint density at radius 2 is 2.00 bits per heavy atom. The second kappa shape index (κ2) is 11.1. The fraction of sp³-hybridized carbons (Fsp3) is 0.500. The number of aromatic nitrogens is 2. The smallest absolute Gasteiger partial charge is 0.459 e. The minimum Gasteiger partial charge on any atom is -0.462 e. The largest absolute Gasteiger partial charge is 0.462 e. The first kappa shape index (κ1) is 25.9. The summed E-state index contributed by atoms with van der Waals surface area (Å²) in [5.74, 6) is -0.196. The normalized spacial score (nSPS) is 22.8. The lowest BCUT2D eigenvalue weighted by Gasteiger charge is -2.24. The molecule has 0 saturated carbocycles. The molecule has 34 heavy (non-hydrogen) atoms. The Morgan fingerprint density at radius 1 is 1.29 bits per heavy atom. The van der Waals surface area contributed by atoms with Crippen molar-refractivity contribution in [3.05, 3.63) is 53.1 Å². The number of ether oxygens (including phenoxy) is 2. The maximum absolute atomic E-state index is 13.6. The molecule has 1 fully saturated rings. The van der Waals surface area contributed by atoms with Crippen LogP contribution in [0.2, 0.25) is 0 Å². The van der Waals surface area contributed by atoms with Crippen LogP contribution >= 0.6 is 7.75 Å². The molecule has 0 bridgehead atoms. The molecule has 3 N–H and O–H groups in total. The number of nitrogen functional groups attached to an aromatic ring is 1. The number of hydrogen-bond acceptors (Lipinski definition) is 9. The van der Waals surface area contributed by atoms with Gasteiger partial charge in [-0.3, -0.25) is 13.9 Å². The first-order valence-corrected chi connectivity index (χ1v) is 12.6. The lowest BCUT2D eigenvalue weighted by molar-refractivity contribution is -0.149. The van der Waals surface area contributed by atoms with Crippen molar-refractivity contribution in [3.63, 3.8) is 0 Å². The summed E-state index contributed by atoms with van der Waals surface area (Å²) < 4.78 is 37.4. The molecule has 5 atom stereocenters. The lowest BCUT2D eigenvalue weighted by Crippen LogP contribution is -2.36. The van der Waals surface area contributed by atoms with Gasteiger partial charge in [0.25, 0.3) is 0 Å². The number of rotatable bonds is 10. The van der Waals surface area contributed by atoms with Crippen LogP contribution in [0.5, 0.6) is 5.75 Å². The summed E-state index contributed by atoms with van der Waals surface area (Å²) in [5.41, 5.74) is 5.05. The van der Waals surface area contributed by atoms with E-state index >= 15 is 0 Å². The van der Waals surface area contributed by atoms with Crippen molar-refractivity contribution in [1.29, 1.82) is 0 Å². The molecule has 1 aliphatic heterocycles. The van der Waals surface area contributed by atoms with E-state index in [4.69, 9.17) is 24.3 Å². The van der Waals surface area contributed by atoms with Crippen molar-refractivity contribution >= 4 is 19.5 Å². The zero-order valence-electron chi connectivity index (χ0n) is 19.6. The number of hydrogen-bond donors (Lipinski definition) is 2. The van der Waals surface area contributed by atoms with Gasteiger partial charge in [0.1, 0.15) is 23.8 Å². The fourth-order valence-electron chi connectivity index (χ4n) is 3.50. The molecule has 0 spiro atoms. The molecule has 1 aromatic carbocycles. The van der Waals surface area contributed by atoms with Crippen molar-refractivity contribution in [2.45, 2.75) is 58.6 Å². The van der Waals surface area contributed by atoms with Gasteiger partial charge in [-0.05, 0) is 45.4 Å². The monoisotopic (exact) mass is 494 g/mol. The van der Waals surface area contributed by atoms with Crippen LogP contribution in [0, 0.1) is 5.92 Å². The number of nitrogens with zero attached hydrogens (tertiary/aromatic N) is 2. The summed E-state index contributed by atoms with van der Waals surface area (Å²) in [6.07, 6.45) is 0.692. The Hall–Kier alpha value is -2.72. The number of esters is 1. The minimum absolute atomic E-state index is 0.0425. The van der Waals surface area contributed by atoms with Crippen LogP contribution in [0.3, 0.4) is 0 Å². The number of carbonyl (C=O) groups excluding carboxylic acids is 1. The van der Waals surface area contributed by atoms with E-state index in [1.807, 2.05) is 6.92 Å². The Kier molecular flexibility index (Phi) is 8.48. The second-order valence-corrected chi connectivity index (χ2v) is 10.1. The van der Waals surface area contributed by atoms with Crippen LogP contribution in [0.15, 0.2) is 47.4 Å². The molecule has 1 aliphatic rings. The number of para-hydroxylation sites is 1. The quantitative estimate of drug-likeness (QED) is 0.374. The summed E-state index contributed by atoms with van der Waals surface area (Å²) in [7, 11) is -4.00. The zero-order chi connectivity index (χ0) is 24.9. The van der Waals surface area contributed by atoms with Gasteiger partial charge in [0.15, 0.2) is 0 Å². The Balaban J connectivity index is 1.70. The van der Waals surface area contributed by atoms with Crippen LogP contribution < -0.4 is 21.0 Å². The third-order valence-electron chi connectivity index (χ3n) is 5.04. The summed E-state index contributed by atoms with van der Waals surface area (Å²) in [6.45, 7) is 6.78. The first-order chi connectivity index (χ1) is 16.1. The van der Waals surface area contributed by atoms with Crippen molar-refractivity contribution in [3.8, 4) is 5.75 Å². The van der Waals surface area contributed by atoms with Gasteiger partial charge in [0.2, 0.25) is 0 Å². The highest BCUT2D eigenvalue weighted by Gasteiger charge is 2.38. The van der Waals surface area contributed by atoms with Gasteiger partial charge in [-0.25, -0.2) is 9.36 Å². The fourth-order valence-corrected chi connectivity index (χ4v) is 5.02. The summed E-state index contributed by atoms with van der Waals surface area (Å²) >= 11 is 0.